The van der Waals surface area contributed by atoms with Gasteiger partial charge < -0.3 is 9.47 Å². The van der Waals surface area contributed by atoms with Gasteiger partial charge in [-0.25, -0.2) is 0 Å². The number of carbonyl (C=O) groups is 3. The third kappa shape index (κ3) is 2.98. The van der Waals surface area contributed by atoms with Gasteiger partial charge in [0.2, 0.25) is 0 Å². The van der Waals surface area contributed by atoms with Crippen LogP contribution in [0.15, 0.2) is 11.6 Å². The average molecular weight is 417 g/mol. The maximum atomic E-state index is 12.8. The van der Waals surface area contributed by atoms with Crippen molar-refractivity contribution in [2.24, 2.45) is 28.6 Å². The molecule has 0 aliphatic heterocycles. The molecule has 0 aromatic rings. The Balaban J connectivity index is 1.63. The second kappa shape index (κ2) is 7.20. The van der Waals surface area contributed by atoms with Crippen molar-refractivity contribution in [3.05, 3.63) is 11.6 Å². The first-order chi connectivity index (χ1) is 14.0. The summed E-state index contributed by atoms with van der Waals surface area (Å²) in [4.78, 5) is 36.2. The Morgan fingerprint density at radius 2 is 1.60 bits per heavy atom. The summed E-state index contributed by atoms with van der Waals surface area (Å²) in [5.74, 6) is 0.981. The molecule has 4 aliphatic rings. The number of fused-ring (bicyclic) bond motifs is 5. The molecule has 7 atom stereocenters. The number of Topliss-reactive ketones (excluding diaryl/α,β-unsaturated/α-hetero) is 1. The number of rotatable bonds is 3. The molecule has 5 heteroatoms. The zero-order valence-electron chi connectivity index (χ0n) is 19.1. The van der Waals surface area contributed by atoms with Gasteiger partial charge in [-0.1, -0.05) is 19.4 Å². The number of esters is 2. The van der Waals surface area contributed by atoms with Crippen molar-refractivity contribution in [1.82, 2.24) is 0 Å². The summed E-state index contributed by atoms with van der Waals surface area (Å²) in [6, 6.07) is 0. The summed E-state index contributed by atoms with van der Waals surface area (Å²) in [7, 11) is 0. The fourth-order valence-electron chi connectivity index (χ4n) is 8.06. The molecule has 0 saturated heterocycles. The number of ether oxygens (including phenoxy) is 2. The predicted molar refractivity (Wildman–Crippen MR) is 112 cm³/mol. The first kappa shape index (κ1) is 21.6. The molecular weight excluding hydrogens is 380 g/mol. The molecule has 3 fully saturated rings. The monoisotopic (exact) mass is 416 g/mol. The van der Waals surface area contributed by atoms with Crippen LogP contribution in [0.3, 0.4) is 0 Å². The zero-order chi connectivity index (χ0) is 21.9. The minimum atomic E-state index is -0.960. The van der Waals surface area contributed by atoms with E-state index in [9.17, 15) is 14.4 Å². The second-order valence-electron chi connectivity index (χ2n) is 10.7. The van der Waals surface area contributed by atoms with Crippen molar-refractivity contribution >= 4 is 17.7 Å². The zero-order valence-corrected chi connectivity index (χ0v) is 19.1. The molecule has 0 aromatic heterocycles. The number of allylic oxidation sites excluding steroid dienone is 1. The van der Waals surface area contributed by atoms with Crippen LogP contribution in [0.2, 0.25) is 0 Å². The Morgan fingerprint density at radius 3 is 2.23 bits per heavy atom. The summed E-state index contributed by atoms with van der Waals surface area (Å²) in [5.41, 5.74) is 0.362. The lowest BCUT2D eigenvalue weighted by Gasteiger charge is -2.59. The van der Waals surface area contributed by atoms with Crippen molar-refractivity contribution < 1.29 is 23.9 Å². The summed E-state index contributed by atoms with van der Waals surface area (Å²) in [6.45, 7) is 9.11. The number of ketones is 1. The standard InChI is InChI=1S/C25H36O5/c1-15(26)25(30-17(3)28)13-10-22-20-7-6-18-14-19(29-16(2)27)8-11-23(18,4)21(20)9-12-24(22,25)5/h14,19-22H,6-13H2,1-5H3/t19-,20-,21-,22-,23-,24-,25-/m0/s1. The Hall–Kier alpha value is -1.65. The summed E-state index contributed by atoms with van der Waals surface area (Å²) in [6.07, 6.45) is 9.78. The van der Waals surface area contributed by atoms with Gasteiger partial charge >= 0.3 is 11.9 Å². The molecule has 4 rings (SSSR count). The Labute approximate surface area is 179 Å². The molecule has 0 spiro atoms. The largest absolute Gasteiger partial charge is 0.458 e. The van der Waals surface area contributed by atoms with Crippen molar-refractivity contribution in [2.45, 2.75) is 97.7 Å². The van der Waals surface area contributed by atoms with E-state index in [1.807, 2.05) is 0 Å². The molecule has 0 bridgehead atoms. The summed E-state index contributed by atoms with van der Waals surface area (Å²) >= 11 is 0. The van der Waals surface area contributed by atoms with Crippen molar-refractivity contribution in [2.75, 3.05) is 0 Å². The maximum Gasteiger partial charge on any atom is 0.303 e. The van der Waals surface area contributed by atoms with Crippen LogP contribution in [0.4, 0.5) is 0 Å². The minimum Gasteiger partial charge on any atom is -0.458 e. The summed E-state index contributed by atoms with van der Waals surface area (Å²) in [5, 5.41) is 0. The Kier molecular flexibility index (Phi) is 5.18. The smallest absolute Gasteiger partial charge is 0.303 e. The molecule has 0 amide bonds. The van der Waals surface area contributed by atoms with Crippen LogP contribution in [0.5, 0.6) is 0 Å². The van der Waals surface area contributed by atoms with Crippen LogP contribution < -0.4 is 0 Å². The van der Waals surface area contributed by atoms with Crippen LogP contribution in [0.25, 0.3) is 0 Å². The fraction of sp³-hybridized carbons (Fsp3) is 0.800. The molecule has 166 valence electrons. The number of carbonyl (C=O) groups excluding carboxylic acids is 3. The van der Waals surface area contributed by atoms with E-state index in [4.69, 9.17) is 9.47 Å². The van der Waals surface area contributed by atoms with Gasteiger partial charge in [0.25, 0.3) is 0 Å². The normalized spacial score (nSPS) is 44.8. The topological polar surface area (TPSA) is 69.7 Å². The molecule has 0 radical (unpaired) electrons. The highest BCUT2D eigenvalue weighted by atomic mass is 16.6. The lowest BCUT2D eigenvalue weighted by molar-refractivity contribution is -0.187. The van der Waals surface area contributed by atoms with E-state index in [2.05, 4.69) is 19.9 Å². The molecular formula is C25H36O5. The molecule has 0 aromatic carbocycles. The van der Waals surface area contributed by atoms with Crippen molar-refractivity contribution in [3.63, 3.8) is 0 Å². The van der Waals surface area contributed by atoms with Gasteiger partial charge in [-0.15, -0.1) is 0 Å². The van der Waals surface area contributed by atoms with Gasteiger partial charge in [-0.2, -0.15) is 0 Å². The van der Waals surface area contributed by atoms with Gasteiger partial charge in [-0.05, 0) is 87.5 Å². The molecule has 3 saturated carbocycles. The minimum absolute atomic E-state index is 0.00523. The van der Waals surface area contributed by atoms with Crippen molar-refractivity contribution in [1.29, 1.82) is 0 Å². The van der Waals surface area contributed by atoms with Crippen LogP contribution in [0.1, 0.15) is 86.0 Å². The first-order valence-electron chi connectivity index (χ1n) is 11.6. The SMILES string of the molecule is CC(=O)O[C@@H]1C=C2CC[C@H]3[C@H](CC[C@@]4(C)[C@H]3CC[C@]4(OC(C)=O)C(C)=O)[C@@]2(C)CC1. The third-order valence-corrected chi connectivity index (χ3v) is 9.39. The average Bonchev–Trinajstić information content (AvgIpc) is 2.94. The molecule has 5 nitrogen and oxygen atoms in total. The molecule has 30 heavy (non-hydrogen) atoms. The van der Waals surface area contributed by atoms with E-state index in [0.717, 1.165) is 44.9 Å². The quantitative estimate of drug-likeness (QED) is 0.489. The van der Waals surface area contributed by atoms with E-state index in [-0.39, 0.29) is 34.7 Å². The number of hydrogen-bond donors (Lipinski definition) is 0. The van der Waals surface area contributed by atoms with Crippen LogP contribution in [-0.4, -0.2) is 29.4 Å². The van der Waals surface area contributed by atoms with Gasteiger partial charge in [0, 0.05) is 19.3 Å². The van der Waals surface area contributed by atoms with Crippen molar-refractivity contribution in [3.8, 4) is 0 Å². The maximum absolute atomic E-state index is 12.8. The molecule has 4 aliphatic carbocycles. The van der Waals surface area contributed by atoms with E-state index < -0.39 is 5.60 Å². The van der Waals surface area contributed by atoms with Gasteiger partial charge in [-0.3, -0.25) is 14.4 Å². The van der Waals surface area contributed by atoms with E-state index in [1.165, 1.54) is 19.4 Å². The molecule has 0 unspecified atom stereocenters. The van der Waals surface area contributed by atoms with E-state index in [0.29, 0.717) is 24.2 Å². The Morgan fingerprint density at radius 1 is 0.900 bits per heavy atom. The van der Waals surface area contributed by atoms with Crippen LogP contribution >= 0.6 is 0 Å². The van der Waals surface area contributed by atoms with Gasteiger partial charge in [0.1, 0.15) is 6.10 Å². The lowest BCUT2D eigenvalue weighted by atomic mass is 9.46. The highest BCUT2D eigenvalue weighted by molar-refractivity contribution is 5.89. The van der Waals surface area contributed by atoms with Crippen LogP contribution in [0, 0.1) is 28.6 Å². The molecule has 0 N–H and O–H groups in total. The second-order valence-corrected chi connectivity index (χ2v) is 10.7. The van der Waals surface area contributed by atoms with Gasteiger partial charge in [0.15, 0.2) is 11.4 Å². The third-order valence-electron chi connectivity index (χ3n) is 9.39. The fourth-order valence-corrected chi connectivity index (χ4v) is 8.06. The predicted octanol–water partition coefficient (Wildman–Crippen LogP) is 4.77. The number of hydrogen-bond acceptors (Lipinski definition) is 5. The Bertz CT molecular complexity index is 799. The van der Waals surface area contributed by atoms with Gasteiger partial charge in [0.05, 0.1) is 0 Å². The summed E-state index contributed by atoms with van der Waals surface area (Å²) < 4.78 is 11.3. The van der Waals surface area contributed by atoms with Crippen LogP contribution in [-0.2, 0) is 23.9 Å². The molecule has 0 heterocycles. The highest BCUT2D eigenvalue weighted by Crippen LogP contribution is 2.68. The van der Waals surface area contributed by atoms with E-state index in [1.54, 1.807) is 6.92 Å². The highest BCUT2D eigenvalue weighted by Gasteiger charge is 2.67. The van der Waals surface area contributed by atoms with E-state index >= 15 is 0 Å². The first-order valence-corrected chi connectivity index (χ1v) is 11.6. The lowest BCUT2D eigenvalue weighted by Crippen LogP contribution is -2.58.